The summed E-state index contributed by atoms with van der Waals surface area (Å²) >= 11 is 5.21. The Morgan fingerprint density at radius 1 is 1.15 bits per heavy atom. The molecule has 3 N–H and O–H groups in total. The number of ether oxygens (including phenoxy) is 1. The van der Waals surface area contributed by atoms with Crippen molar-refractivity contribution in [2.75, 3.05) is 17.7 Å². The molecule has 7 heteroatoms. The van der Waals surface area contributed by atoms with Gasteiger partial charge in [-0.25, -0.2) is 0 Å². The van der Waals surface area contributed by atoms with Crippen molar-refractivity contribution < 1.29 is 14.3 Å². The smallest absolute Gasteiger partial charge is 0.257 e. The zero-order chi connectivity index (χ0) is 19.8. The molecule has 0 aliphatic carbocycles. The lowest BCUT2D eigenvalue weighted by molar-refractivity contribution is -0.115. The molecule has 140 valence electrons. The lowest BCUT2D eigenvalue weighted by Crippen LogP contribution is -2.34. The molecule has 6 nitrogen and oxygen atoms in total. The summed E-state index contributed by atoms with van der Waals surface area (Å²) in [4.78, 5) is 24.0. The van der Waals surface area contributed by atoms with Gasteiger partial charge in [-0.3, -0.25) is 14.9 Å². The Labute approximate surface area is 163 Å². The summed E-state index contributed by atoms with van der Waals surface area (Å²) in [6.45, 7) is 5.35. The SMILES string of the molecule is C=CCC(=O)Nc1cccc(NC(=S)NC(=O)c2ccc(OC)cc2C)c1. The van der Waals surface area contributed by atoms with Crippen molar-refractivity contribution in [1.29, 1.82) is 0 Å². The number of nitrogens with one attached hydrogen (secondary N) is 3. The molecule has 2 aromatic carbocycles. The second-order valence-corrected chi connectivity index (χ2v) is 6.12. The first kappa shape index (κ1) is 20.1. The van der Waals surface area contributed by atoms with Crippen LogP contribution in [0.15, 0.2) is 55.1 Å². The van der Waals surface area contributed by atoms with Crippen LogP contribution >= 0.6 is 12.2 Å². The molecule has 0 fully saturated rings. The van der Waals surface area contributed by atoms with Gasteiger partial charge >= 0.3 is 0 Å². The molecule has 0 atom stereocenters. The van der Waals surface area contributed by atoms with E-state index in [0.29, 0.717) is 22.7 Å². The highest BCUT2D eigenvalue weighted by molar-refractivity contribution is 7.80. The number of hydrogen-bond acceptors (Lipinski definition) is 4. The van der Waals surface area contributed by atoms with Gasteiger partial charge in [0.15, 0.2) is 5.11 Å². The van der Waals surface area contributed by atoms with Gasteiger partial charge in [-0.05, 0) is 61.1 Å². The van der Waals surface area contributed by atoms with E-state index in [-0.39, 0.29) is 23.3 Å². The van der Waals surface area contributed by atoms with E-state index in [9.17, 15) is 9.59 Å². The van der Waals surface area contributed by atoms with Gasteiger partial charge in [-0.1, -0.05) is 12.1 Å². The predicted octanol–water partition coefficient (Wildman–Crippen LogP) is 3.65. The van der Waals surface area contributed by atoms with E-state index in [1.54, 1.807) is 49.6 Å². The molecule has 2 aromatic rings. The quantitative estimate of drug-likeness (QED) is 0.524. The number of benzene rings is 2. The second-order valence-electron chi connectivity index (χ2n) is 5.71. The molecule has 0 saturated heterocycles. The molecule has 0 aliphatic heterocycles. The van der Waals surface area contributed by atoms with Gasteiger partial charge in [0, 0.05) is 23.4 Å². The summed E-state index contributed by atoms with van der Waals surface area (Å²) in [7, 11) is 1.57. The van der Waals surface area contributed by atoms with Crippen LogP contribution in [0.25, 0.3) is 0 Å². The van der Waals surface area contributed by atoms with E-state index in [4.69, 9.17) is 17.0 Å². The monoisotopic (exact) mass is 383 g/mol. The molecular formula is C20H21N3O3S. The van der Waals surface area contributed by atoms with Gasteiger partial charge in [-0.15, -0.1) is 6.58 Å². The number of carbonyl (C=O) groups excluding carboxylic acids is 2. The zero-order valence-electron chi connectivity index (χ0n) is 15.2. The lowest BCUT2D eigenvalue weighted by Gasteiger charge is -2.12. The van der Waals surface area contributed by atoms with Crippen molar-refractivity contribution in [2.45, 2.75) is 13.3 Å². The fraction of sp³-hybridized carbons (Fsp3) is 0.150. The fourth-order valence-electron chi connectivity index (χ4n) is 2.37. The first-order valence-corrected chi connectivity index (χ1v) is 8.61. The third-order valence-corrected chi connectivity index (χ3v) is 3.84. The van der Waals surface area contributed by atoms with E-state index in [2.05, 4.69) is 22.5 Å². The van der Waals surface area contributed by atoms with Crippen LogP contribution in [0.5, 0.6) is 5.75 Å². The zero-order valence-corrected chi connectivity index (χ0v) is 16.0. The van der Waals surface area contributed by atoms with Crippen molar-refractivity contribution in [3.05, 3.63) is 66.2 Å². The molecular weight excluding hydrogens is 362 g/mol. The molecule has 0 heterocycles. The van der Waals surface area contributed by atoms with E-state index in [0.717, 1.165) is 5.56 Å². The Balaban J connectivity index is 2.00. The average molecular weight is 383 g/mol. The summed E-state index contributed by atoms with van der Waals surface area (Å²) in [5.41, 5.74) is 2.54. The minimum atomic E-state index is -0.317. The van der Waals surface area contributed by atoms with Crippen LogP contribution in [0, 0.1) is 6.92 Å². The third-order valence-electron chi connectivity index (χ3n) is 3.64. The van der Waals surface area contributed by atoms with E-state index >= 15 is 0 Å². The molecule has 27 heavy (non-hydrogen) atoms. The Morgan fingerprint density at radius 3 is 2.48 bits per heavy atom. The number of hydrogen-bond donors (Lipinski definition) is 3. The highest BCUT2D eigenvalue weighted by Crippen LogP contribution is 2.17. The van der Waals surface area contributed by atoms with Gasteiger partial charge in [0.25, 0.3) is 5.91 Å². The van der Waals surface area contributed by atoms with Gasteiger partial charge < -0.3 is 15.4 Å². The lowest BCUT2D eigenvalue weighted by atomic mass is 10.1. The summed E-state index contributed by atoms with van der Waals surface area (Å²) in [6.07, 6.45) is 1.76. The largest absolute Gasteiger partial charge is 0.497 e. The maximum atomic E-state index is 12.4. The van der Waals surface area contributed by atoms with E-state index < -0.39 is 0 Å². The molecule has 2 amide bonds. The Morgan fingerprint density at radius 2 is 1.85 bits per heavy atom. The van der Waals surface area contributed by atoms with Crippen LogP contribution < -0.4 is 20.7 Å². The molecule has 0 aromatic heterocycles. The minimum absolute atomic E-state index is 0.157. The molecule has 0 bridgehead atoms. The number of rotatable bonds is 6. The van der Waals surface area contributed by atoms with Gasteiger partial charge in [-0.2, -0.15) is 0 Å². The number of anilines is 2. The maximum Gasteiger partial charge on any atom is 0.257 e. The number of aryl methyl sites for hydroxylation is 1. The number of thiocarbonyl (C=S) groups is 1. The topological polar surface area (TPSA) is 79.5 Å². The van der Waals surface area contributed by atoms with Crippen LogP contribution in [-0.2, 0) is 4.79 Å². The van der Waals surface area contributed by atoms with Crippen molar-refractivity contribution in [3.63, 3.8) is 0 Å². The van der Waals surface area contributed by atoms with Crippen molar-refractivity contribution in [1.82, 2.24) is 5.32 Å². The molecule has 2 rings (SSSR count). The first-order chi connectivity index (χ1) is 12.9. The van der Waals surface area contributed by atoms with Crippen LogP contribution in [0.1, 0.15) is 22.3 Å². The average Bonchev–Trinajstić information content (AvgIpc) is 2.61. The maximum absolute atomic E-state index is 12.4. The van der Waals surface area contributed by atoms with Gasteiger partial charge in [0.1, 0.15) is 5.75 Å². The molecule has 0 radical (unpaired) electrons. The number of amides is 2. The summed E-state index contributed by atoms with van der Waals surface area (Å²) < 4.78 is 5.14. The normalized spacial score (nSPS) is 9.85. The third kappa shape index (κ3) is 5.93. The summed E-state index contributed by atoms with van der Waals surface area (Å²) in [5, 5.41) is 8.48. The van der Waals surface area contributed by atoms with Crippen molar-refractivity contribution >= 4 is 40.5 Å². The Hall–Kier alpha value is -3.19. The summed E-state index contributed by atoms with van der Waals surface area (Å²) in [6, 6.07) is 12.2. The summed E-state index contributed by atoms with van der Waals surface area (Å²) in [5.74, 6) is 0.205. The first-order valence-electron chi connectivity index (χ1n) is 8.20. The predicted molar refractivity (Wildman–Crippen MR) is 111 cm³/mol. The number of methoxy groups -OCH3 is 1. The van der Waals surface area contributed by atoms with Crippen molar-refractivity contribution in [3.8, 4) is 5.75 Å². The van der Waals surface area contributed by atoms with Crippen LogP contribution in [0.2, 0.25) is 0 Å². The minimum Gasteiger partial charge on any atom is -0.497 e. The van der Waals surface area contributed by atoms with Crippen LogP contribution in [-0.4, -0.2) is 24.0 Å². The highest BCUT2D eigenvalue weighted by Gasteiger charge is 2.12. The van der Waals surface area contributed by atoms with Crippen LogP contribution in [0.3, 0.4) is 0 Å². The van der Waals surface area contributed by atoms with Gasteiger partial charge in [0.05, 0.1) is 7.11 Å². The molecule has 0 aliphatic rings. The Kier molecular flexibility index (Phi) is 7.08. The van der Waals surface area contributed by atoms with Crippen LogP contribution in [0.4, 0.5) is 11.4 Å². The molecule has 0 saturated carbocycles. The molecule has 0 unspecified atom stereocenters. The standard InChI is InChI=1S/C20H21N3O3S/c1-4-6-18(24)21-14-7-5-8-15(12-14)22-20(27)23-19(25)17-10-9-16(26-3)11-13(17)2/h4-5,7-12H,1,6H2,2-3H3,(H,21,24)(H2,22,23,25,27). The van der Waals surface area contributed by atoms with E-state index in [1.165, 1.54) is 6.08 Å². The van der Waals surface area contributed by atoms with Crippen molar-refractivity contribution in [2.24, 2.45) is 0 Å². The molecule has 0 spiro atoms. The number of carbonyl (C=O) groups is 2. The highest BCUT2D eigenvalue weighted by atomic mass is 32.1. The Bertz CT molecular complexity index is 881. The van der Waals surface area contributed by atoms with Gasteiger partial charge in [0.2, 0.25) is 5.91 Å². The second kappa shape index (κ2) is 9.49. The fourth-order valence-corrected chi connectivity index (χ4v) is 2.58. The van der Waals surface area contributed by atoms with E-state index in [1.807, 2.05) is 6.92 Å².